The summed E-state index contributed by atoms with van der Waals surface area (Å²) in [5, 5.41) is 0. The van der Waals surface area contributed by atoms with Gasteiger partial charge in [0.05, 0.1) is 5.56 Å². The van der Waals surface area contributed by atoms with Gasteiger partial charge in [-0.15, -0.1) is 0 Å². The molecule has 2 aromatic carbocycles. The Morgan fingerprint density at radius 1 is 0.880 bits per heavy atom. The second kappa shape index (κ2) is 7.85. The van der Waals surface area contributed by atoms with E-state index in [1.807, 2.05) is 12.1 Å². The molecule has 4 nitrogen and oxygen atoms in total. The van der Waals surface area contributed by atoms with Crippen molar-refractivity contribution in [2.24, 2.45) is 0 Å². The number of carbonyl (C=O) groups excluding carboxylic acids is 2. The minimum Gasteiger partial charge on any atom is -0.445 e. The first-order valence-corrected chi connectivity index (χ1v) is 8.40. The molecule has 0 fully saturated rings. The quantitative estimate of drug-likeness (QED) is 0.466. The number of esters is 1. The average molecular weight is 396 g/mol. The number of hydrogen-bond acceptors (Lipinski definition) is 4. The Balaban J connectivity index is 1.92. The van der Waals surface area contributed by atoms with Crippen LogP contribution in [0.25, 0.3) is 0 Å². The van der Waals surface area contributed by atoms with Crippen molar-refractivity contribution in [1.82, 2.24) is 4.98 Å². The van der Waals surface area contributed by atoms with Gasteiger partial charge in [0.15, 0.2) is 6.10 Å². The van der Waals surface area contributed by atoms with Crippen LogP contribution in [0, 0.1) is 0 Å². The highest BCUT2D eigenvalue weighted by Gasteiger charge is 2.26. The van der Waals surface area contributed by atoms with Gasteiger partial charge in [0, 0.05) is 28.0 Å². The number of halogens is 1. The van der Waals surface area contributed by atoms with Gasteiger partial charge in [0.1, 0.15) is 0 Å². The minimum absolute atomic E-state index is 0.274. The van der Waals surface area contributed by atoms with E-state index in [0.29, 0.717) is 15.6 Å². The average Bonchev–Trinajstić information content (AvgIpc) is 2.67. The van der Waals surface area contributed by atoms with Gasteiger partial charge in [-0.2, -0.15) is 0 Å². The molecule has 0 spiro atoms. The fraction of sp³-hybridized carbons (Fsp3) is 0.0500. The standard InChI is InChI=1S/C20H14BrNO3/c21-17-11-16(12-22-13-17)20(24)25-19(15-9-5-2-6-10-15)18(23)14-7-3-1-4-8-14/h1-13,19H. The van der Waals surface area contributed by atoms with E-state index >= 15 is 0 Å². The Labute approximate surface area is 153 Å². The third kappa shape index (κ3) is 4.19. The lowest BCUT2D eigenvalue weighted by atomic mass is 10.00. The lowest BCUT2D eigenvalue weighted by Crippen LogP contribution is -2.20. The maximum Gasteiger partial charge on any atom is 0.340 e. The molecule has 0 radical (unpaired) electrons. The molecule has 124 valence electrons. The van der Waals surface area contributed by atoms with Crippen LogP contribution in [0.1, 0.15) is 32.4 Å². The molecule has 0 aliphatic carbocycles. The molecule has 0 aliphatic rings. The zero-order valence-corrected chi connectivity index (χ0v) is 14.7. The topological polar surface area (TPSA) is 56.3 Å². The predicted molar refractivity (Wildman–Crippen MR) is 97.3 cm³/mol. The van der Waals surface area contributed by atoms with Crippen LogP contribution in [0.2, 0.25) is 0 Å². The smallest absolute Gasteiger partial charge is 0.340 e. The lowest BCUT2D eigenvalue weighted by Gasteiger charge is -2.17. The number of aromatic nitrogens is 1. The molecule has 3 aromatic rings. The highest BCUT2D eigenvalue weighted by Crippen LogP contribution is 2.24. The number of ketones is 1. The van der Waals surface area contributed by atoms with E-state index in [0.717, 1.165) is 0 Å². The highest BCUT2D eigenvalue weighted by molar-refractivity contribution is 9.10. The van der Waals surface area contributed by atoms with Crippen LogP contribution in [0.3, 0.4) is 0 Å². The molecule has 0 aliphatic heterocycles. The summed E-state index contributed by atoms with van der Waals surface area (Å²) in [6.07, 6.45) is 1.96. The second-order valence-electron chi connectivity index (χ2n) is 5.32. The Morgan fingerprint density at radius 3 is 2.16 bits per heavy atom. The lowest BCUT2D eigenvalue weighted by molar-refractivity contribution is 0.0279. The number of benzene rings is 2. The van der Waals surface area contributed by atoms with Crippen LogP contribution in [0.5, 0.6) is 0 Å². The summed E-state index contributed by atoms with van der Waals surface area (Å²) in [5.74, 6) is -0.880. The molecule has 3 rings (SSSR count). The number of carbonyl (C=O) groups is 2. The predicted octanol–water partition coefficient (Wildman–Crippen LogP) is 4.63. The van der Waals surface area contributed by atoms with Crippen LogP contribution in [-0.4, -0.2) is 16.7 Å². The van der Waals surface area contributed by atoms with E-state index in [4.69, 9.17) is 4.74 Å². The summed E-state index contributed by atoms with van der Waals surface area (Å²) in [5.41, 5.74) is 1.38. The molecular weight excluding hydrogens is 382 g/mol. The number of Topliss-reactive ketones (excluding diaryl/α,β-unsaturated/α-hetero) is 1. The van der Waals surface area contributed by atoms with E-state index < -0.39 is 12.1 Å². The molecule has 1 aromatic heterocycles. The fourth-order valence-electron chi connectivity index (χ4n) is 2.35. The van der Waals surface area contributed by atoms with Crippen molar-refractivity contribution in [3.8, 4) is 0 Å². The Hall–Kier alpha value is -2.79. The summed E-state index contributed by atoms with van der Waals surface area (Å²) < 4.78 is 6.20. The van der Waals surface area contributed by atoms with Gasteiger partial charge in [-0.25, -0.2) is 4.79 Å². The maximum absolute atomic E-state index is 12.9. The molecule has 1 heterocycles. The van der Waals surface area contributed by atoms with E-state index in [1.54, 1.807) is 60.8 Å². The molecule has 0 saturated carbocycles. The first kappa shape index (κ1) is 17.0. The molecule has 0 N–H and O–H groups in total. The SMILES string of the molecule is O=C(OC(C(=O)c1ccccc1)c1ccccc1)c1cncc(Br)c1. The van der Waals surface area contributed by atoms with Crippen LogP contribution >= 0.6 is 15.9 Å². The van der Waals surface area contributed by atoms with E-state index in [-0.39, 0.29) is 11.3 Å². The zero-order valence-electron chi connectivity index (χ0n) is 13.1. The van der Waals surface area contributed by atoms with Crippen LogP contribution in [-0.2, 0) is 4.74 Å². The first-order chi connectivity index (χ1) is 12.1. The van der Waals surface area contributed by atoms with Crippen LogP contribution in [0.4, 0.5) is 0 Å². The fourth-order valence-corrected chi connectivity index (χ4v) is 2.72. The van der Waals surface area contributed by atoms with Gasteiger partial charge in [0.2, 0.25) is 5.78 Å². The summed E-state index contributed by atoms with van der Waals surface area (Å²) in [6.45, 7) is 0. The largest absolute Gasteiger partial charge is 0.445 e. The third-order valence-corrected chi connectivity index (χ3v) is 4.00. The molecule has 25 heavy (non-hydrogen) atoms. The summed E-state index contributed by atoms with van der Waals surface area (Å²) in [6, 6.07) is 19.3. The van der Waals surface area contributed by atoms with Gasteiger partial charge in [-0.05, 0) is 22.0 Å². The van der Waals surface area contributed by atoms with E-state index in [2.05, 4.69) is 20.9 Å². The number of rotatable bonds is 5. The van der Waals surface area contributed by atoms with Crippen molar-refractivity contribution in [3.63, 3.8) is 0 Å². The zero-order chi connectivity index (χ0) is 17.6. The molecule has 0 amide bonds. The van der Waals surface area contributed by atoms with Crippen LogP contribution in [0.15, 0.2) is 83.6 Å². The summed E-state index contributed by atoms with van der Waals surface area (Å²) in [4.78, 5) is 29.3. The number of ether oxygens (including phenoxy) is 1. The molecular formula is C20H14BrNO3. The Kier molecular flexibility index (Phi) is 5.36. The molecule has 1 atom stereocenters. The monoisotopic (exact) mass is 395 g/mol. The normalized spacial score (nSPS) is 11.6. The van der Waals surface area contributed by atoms with Crippen molar-refractivity contribution >= 4 is 27.7 Å². The third-order valence-electron chi connectivity index (χ3n) is 3.56. The van der Waals surface area contributed by atoms with Crippen molar-refractivity contribution in [3.05, 3.63) is 100 Å². The Bertz CT molecular complexity index is 882. The summed E-state index contributed by atoms with van der Waals surface area (Å²) in [7, 11) is 0. The van der Waals surface area contributed by atoms with Crippen molar-refractivity contribution < 1.29 is 14.3 Å². The minimum atomic E-state index is -1.02. The van der Waals surface area contributed by atoms with Gasteiger partial charge in [0.25, 0.3) is 0 Å². The van der Waals surface area contributed by atoms with E-state index in [1.165, 1.54) is 6.20 Å². The van der Waals surface area contributed by atoms with Gasteiger partial charge >= 0.3 is 5.97 Å². The first-order valence-electron chi connectivity index (χ1n) is 7.61. The molecule has 1 unspecified atom stereocenters. The summed E-state index contributed by atoms with van der Waals surface area (Å²) >= 11 is 3.27. The maximum atomic E-state index is 12.9. The molecule has 5 heteroatoms. The molecule has 0 saturated heterocycles. The van der Waals surface area contributed by atoms with Crippen molar-refractivity contribution in [1.29, 1.82) is 0 Å². The van der Waals surface area contributed by atoms with Crippen LogP contribution < -0.4 is 0 Å². The number of nitrogens with zero attached hydrogens (tertiary/aromatic N) is 1. The second-order valence-corrected chi connectivity index (χ2v) is 6.23. The Morgan fingerprint density at radius 2 is 1.52 bits per heavy atom. The highest BCUT2D eigenvalue weighted by atomic mass is 79.9. The van der Waals surface area contributed by atoms with Gasteiger partial charge in [-0.1, -0.05) is 60.7 Å². The molecule has 0 bridgehead atoms. The van der Waals surface area contributed by atoms with Gasteiger partial charge < -0.3 is 4.74 Å². The van der Waals surface area contributed by atoms with E-state index in [9.17, 15) is 9.59 Å². The number of hydrogen-bond donors (Lipinski definition) is 0. The van der Waals surface area contributed by atoms with Gasteiger partial charge in [-0.3, -0.25) is 9.78 Å². The van der Waals surface area contributed by atoms with Crippen molar-refractivity contribution in [2.45, 2.75) is 6.10 Å². The number of pyridine rings is 1. The van der Waals surface area contributed by atoms with Crippen molar-refractivity contribution in [2.75, 3.05) is 0 Å².